The molecule has 1 atom stereocenters. The Morgan fingerprint density at radius 3 is 2.53 bits per heavy atom. The van der Waals surface area contributed by atoms with Gasteiger partial charge in [-0.15, -0.1) is 0 Å². The van der Waals surface area contributed by atoms with Gasteiger partial charge in [-0.3, -0.25) is 14.6 Å². The predicted octanol–water partition coefficient (Wildman–Crippen LogP) is 3.23. The van der Waals surface area contributed by atoms with E-state index in [0.29, 0.717) is 54.5 Å². The second-order valence-electron chi connectivity index (χ2n) is 8.24. The van der Waals surface area contributed by atoms with E-state index >= 15 is 0 Å². The molecule has 36 heavy (non-hydrogen) atoms. The number of ether oxygens (including phenoxy) is 3. The number of carbonyl (C=O) groups is 2. The minimum absolute atomic E-state index is 0.00464. The number of aromatic amines is 1. The van der Waals surface area contributed by atoms with Gasteiger partial charge in [-0.2, -0.15) is 0 Å². The van der Waals surface area contributed by atoms with Gasteiger partial charge < -0.3 is 24.2 Å². The number of para-hydroxylation sites is 1. The summed E-state index contributed by atoms with van der Waals surface area (Å²) in [5.41, 5.74) is 0.967. The highest BCUT2D eigenvalue weighted by Gasteiger charge is 2.47. The average molecular weight is 493 g/mol. The van der Waals surface area contributed by atoms with Crippen LogP contribution >= 0.6 is 0 Å². The molecule has 2 heterocycles. The molecule has 0 radical (unpaired) electrons. The highest BCUT2D eigenvalue weighted by Crippen LogP contribution is 2.45. The molecule has 4 rings (SSSR count). The molecule has 2 N–H and O–H groups in total. The maximum atomic E-state index is 13.3. The summed E-state index contributed by atoms with van der Waals surface area (Å²) in [5.74, 6) is -0.169. The zero-order valence-corrected chi connectivity index (χ0v) is 20.6. The third kappa shape index (κ3) is 4.77. The molecule has 1 unspecified atom stereocenters. The number of Topliss-reactive ketones (excluding diaryl/α,β-unsaturated/α-hetero) is 1. The number of nitrogens with one attached hydrogen (secondary N) is 1. The highest BCUT2D eigenvalue weighted by atomic mass is 16.5. The fourth-order valence-electron chi connectivity index (χ4n) is 4.48. The third-order valence-electron chi connectivity index (χ3n) is 6.12. The molecule has 1 fully saturated rings. The van der Waals surface area contributed by atoms with E-state index in [1.54, 1.807) is 42.5 Å². The number of hydrogen-bond donors (Lipinski definition) is 2. The van der Waals surface area contributed by atoms with Gasteiger partial charge in [0.2, 0.25) is 6.33 Å². The van der Waals surface area contributed by atoms with Gasteiger partial charge in [-0.25, -0.2) is 4.57 Å². The number of likely N-dealkylation sites (tertiary alicyclic amines) is 1. The van der Waals surface area contributed by atoms with Crippen molar-refractivity contribution in [2.75, 3.05) is 27.4 Å². The fraction of sp³-hybridized carbons (Fsp3) is 0.296. The van der Waals surface area contributed by atoms with E-state index in [0.717, 1.165) is 0 Å². The van der Waals surface area contributed by atoms with E-state index in [2.05, 4.69) is 4.98 Å². The van der Waals surface area contributed by atoms with Crippen LogP contribution in [0.3, 0.4) is 0 Å². The Morgan fingerprint density at radius 2 is 1.89 bits per heavy atom. The van der Waals surface area contributed by atoms with E-state index < -0.39 is 17.7 Å². The molecule has 1 aliphatic rings. The second-order valence-corrected chi connectivity index (χ2v) is 8.24. The highest BCUT2D eigenvalue weighted by molar-refractivity contribution is 6.46. The number of carbonyl (C=O) groups excluding carboxylic acids is 2. The van der Waals surface area contributed by atoms with Crippen molar-refractivity contribution >= 4 is 17.4 Å². The smallest absolute Gasteiger partial charge is 0.295 e. The van der Waals surface area contributed by atoms with E-state index in [-0.39, 0.29) is 11.3 Å². The standard InChI is InChI=1S/C27H29N3O6/c1-4-36-19-11-9-18(10-12-19)24(31)22-23(20-7-5-8-21(34-2)26(20)35-3)30(27(33)25(22)32)15-6-14-29-16-13-28-17-29/h5,7-13,16-17,23H,4,6,14-15H2,1-3H3,(H,31,32)/p+1. The number of ketones is 1. The summed E-state index contributed by atoms with van der Waals surface area (Å²) in [6.45, 7) is 3.33. The maximum Gasteiger partial charge on any atom is 0.295 e. The zero-order valence-electron chi connectivity index (χ0n) is 20.6. The van der Waals surface area contributed by atoms with Crippen LogP contribution in [-0.2, 0) is 16.1 Å². The summed E-state index contributed by atoms with van der Waals surface area (Å²) in [5, 5.41) is 11.3. The molecule has 0 spiro atoms. The molecular formula is C27H30N3O6+. The molecule has 1 saturated heterocycles. The first-order valence-electron chi connectivity index (χ1n) is 11.7. The number of methoxy groups -OCH3 is 2. The van der Waals surface area contributed by atoms with Crippen molar-refractivity contribution in [2.24, 2.45) is 0 Å². The first kappa shape index (κ1) is 24.8. The number of nitrogens with zero attached hydrogens (tertiary/aromatic N) is 2. The SMILES string of the molecule is CCOc1ccc(C(O)=C2C(=O)C(=O)N(CCC[n+]3cc[nH]c3)C2c2cccc(OC)c2OC)cc1. The molecule has 0 aliphatic carbocycles. The van der Waals surface area contributed by atoms with Gasteiger partial charge in [0.05, 0.1) is 39.0 Å². The van der Waals surface area contributed by atoms with Crippen LogP contribution in [0.15, 0.2) is 66.8 Å². The zero-order chi connectivity index (χ0) is 25.7. The summed E-state index contributed by atoms with van der Waals surface area (Å²) in [6.07, 6.45) is 6.12. The van der Waals surface area contributed by atoms with Crippen LogP contribution in [-0.4, -0.2) is 54.1 Å². The molecular weight excluding hydrogens is 462 g/mol. The number of hydrogen-bond acceptors (Lipinski definition) is 6. The summed E-state index contributed by atoms with van der Waals surface area (Å²) in [7, 11) is 3.02. The summed E-state index contributed by atoms with van der Waals surface area (Å²) < 4.78 is 18.5. The number of aliphatic hydroxyl groups is 1. The van der Waals surface area contributed by atoms with E-state index in [1.807, 2.05) is 30.2 Å². The quantitative estimate of drug-likeness (QED) is 0.195. The number of benzene rings is 2. The Kier molecular flexibility index (Phi) is 7.58. The number of imidazole rings is 1. The Labute approximate surface area is 209 Å². The monoisotopic (exact) mass is 492 g/mol. The number of H-pyrrole nitrogens is 1. The molecule has 1 aliphatic heterocycles. The van der Waals surface area contributed by atoms with Gasteiger partial charge in [-0.05, 0) is 37.3 Å². The molecule has 188 valence electrons. The molecule has 2 aromatic carbocycles. The first-order valence-corrected chi connectivity index (χ1v) is 11.7. The Morgan fingerprint density at radius 1 is 1.11 bits per heavy atom. The minimum Gasteiger partial charge on any atom is -0.507 e. The van der Waals surface area contributed by atoms with Crippen molar-refractivity contribution in [1.82, 2.24) is 9.88 Å². The van der Waals surface area contributed by atoms with Crippen molar-refractivity contribution < 1.29 is 33.5 Å². The maximum absolute atomic E-state index is 13.3. The normalized spacial score (nSPS) is 16.9. The molecule has 1 amide bonds. The van der Waals surface area contributed by atoms with Crippen LogP contribution < -0.4 is 18.8 Å². The second kappa shape index (κ2) is 11.0. The summed E-state index contributed by atoms with van der Waals surface area (Å²) in [6, 6.07) is 11.2. The summed E-state index contributed by atoms with van der Waals surface area (Å²) in [4.78, 5) is 31.0. The molecule has 9 heteroatoms. The van der Waals surface area contributed by atoms with Crippen LogP contribution in [0.5, 0.6) is 17.2 Å². The van der Waals surface area contributed by atoms with Crippen molar-refractivity contribution in [3.8, 4) is 17.2 Å². The lowest BCUT2D eigenvalue weighted by Crippen LogP contribution is -2.36. The van der Waals surface area contributed by atoms with Crippen LogP contribution in [0, 0.1) is 0 Å². The molecule has 0 saturated carbocycles. The molecule has 0 bridgehead atoms. The molecule has 1 aromatic heterocycles. The van der Waals surface area contributed by atoms with E-state index in [4.69, 9.17) is 14.2 Å². The third-order valence-corrected chi connectivity index (χ3v) is 6.12. The number of aliphatic hydroxyl groups excluding tert-OH is 1. The lowest BCUT2D eigenvalue weighted by atomic mass is 9.94. The minimum atomic E-state index is -0.849. The average Bonchev–Trinajstić information content (AvgIpc) is 3.50. The van der Waals surface area contributed by atoms with Crippen molar-refractivity contribution in [3.05, 3.63) is 77.9 Å². The van der Waals surface area contributed by atoms with Crippen molar-refractivity contribution in [3.63, 3.8) is 0 Å². The fourth-order valence-corrected chi connectivity index (χ4v) is 4.48. The number of amides is 1. The Balaban J connectivity index is 1.79. The van der Waals surface area contributed by atoms with Gasteiger partial charge in [0.15, 0.2) is 11.5 Å². The van der Waals surface area contributed by atoms with Gasteiger partial charge in [0.25, 0.3) is 11.7 Å². The largest absolute Gasteiger partial charge is 0.507 e. The van der Waals surface area contributed by atoms with E-state index in [1.165, 1.54) is 19.1 Å². The first-order chi connectivity index (χ1) is 17.5. The van der Waals surface area contributed by atoms with Crippen LogP contribution in [0.1, 0.15) is 30.5 Å². The van der Waals surface area contributed by atoms with Gasteiger partial charge in [0, 0.05) is 24.1 Å². The van der Waals surface area contributed by atoms with Crippen LogP contribution in [0.25, 0.3) is 5.76 Å². The lowest BCUT2D eigenvalue weighted by molar-refractivity contribution is -0.695. The Bertz CT molecular complexity index is 1250. The van der Waals surface area contributed by atoms with Crippen molar-refractivity contribution in [1.29, 1.82) is 0 Å². The molecule has 9 nitrogen and oxygen atoms in total. The van der Waals surface area contributed by atoms with Crippen molar-refractivity contribution in [2.45, 2.75) is 25.9 Å². The van der Waals surface area contributed by atoms with Crippen LogP contribution in [0.2, 0.25) is 0 Å². The molecule has 3 aromatic rings. The number of rotatable bonds is 10. The number of aromatic nitrogens is 2. The van der Waals surface area contributed by atoms with Gasteiger partial charge in [-0.1, -0.05) is 12.1 Å². The number of aryl methyl sites for hydroxylation is 1. The lowest BCUT2D eigenvalue weighted by Gasteiger charge is -2.27. The Hall–Kier alpha value is -4.27. The van der Waals surface area contributed by atoms with Gasteiger partial charge >= 0.3 is 0 Å². The topological polar surface area (TPSA) is 105 Å². The van der Waals surface area contributed by atoms with Crippen LogP contribution in [0.4, 0.5) is 0 Å². The van der Waals surface area contributed by atoms with Gasteiger partial charge in [0.1, 0.15) is 23.9 Å². The summed E-state index contributed by atoms with van der Waals surface area (Å²) >= 11 is 0. The predicted molar refractivity (Wildman–Crippen MR) is 132 cm³/mol. The van der Waals surface area contributed by atoms with E-state index in [9.17, 15) is 14.7 Å².